The third-order valence-corrected chi connectivity index (χ3v) is 3.44. The van der Waals surface area contributed by atoms with E-state index in [4.69, 9.17) is 5.73 Å². The summed E-state index contributed by atoms with van der Waals surface area (Å²) in [6, 6.07) is 8.14. The second kappa shape index (κ2) is 7.14. The van der Waals surface area contributed by atoms with Gasteiger partial charge in [-0.2, -0.15) is 0 Å². The summed E-state index contributed by atoms with van der Waals surface area (Å²) in [7, 11) is 0. The minimum Gasteiger partial charge on any atom is -0.370 e. The van der Waals surface area contributed by atoms with Crippen molar-refractivity contribution in [2.24, 2.45) is 10.7 Å². The number of hydrogen-bond acceptors (Lipinski definition) is 2. The molecule has 1 aliphatic rings. The van der Waals surface area contributed by atoms with Gasteiger partial charge in [-0.05, 0) is 50.6 Å². The number of nitrogens with one attached hydrogen (secondary N) is 1. The van der Waals surface area contributed by atoms with Gasteiger partial charge in [-0.1, -0.05) is 18.6 Å². The summed E-state index contributed by atoms with van der Waals surface area (Å²) >= 11 is 0. The van der Waals surface area contributed by atoms with Gasteiger partial charge in [0.15, 0.2) is 5.96 Å². The maximum Gasteiger partial charge on any atom is 0.193 e. The van der Waals surface area contributed by atoms with Crippen LogP contribution in [0, 0.1) is 6.92 Å². The Morgan fingerprint density at radius 3 is 2.84 bits per heavy atom. The molecule has 0 aromatic heterocycles. The Hall–Kier alpha value is -1.55. The molecule has 0 unspecified atom stereocenters. The van der Waals surface area contributed by atoms with Crippen LogP contribution in [0.1, 0.15) is 24.8 Å². The van der Waals surface area contributed by atoms with Crippen LogP contribution in [0.25, 0.3) is 0 Å². The van der Waals surface area contributed by atoms with E-state index in [1.807, 2.05) is 12.1 Å². The summed E-state index contributed by atoms with van der Waals surface area (Å²) in [6.45, 7) is 6.26. The highest BCUT2D eigenvalue weighted by molar-refractivity contribution is 5.92. The molecule has 0 bridgehead atoms. The molecule has 3 N–H and O–H groups in total. The molecule has 1 aromatic carbocycles. The van der Waals surface area contributed by atoms with E-state index < -0.39 is 0 Å². The lowest BCUT2D eigenvalue weighted by Crippen LogP contribution is -2.32. The fourth-order valence-electron chi connectivity index (χ4n) is 2.41. The second-order valence-corrected chi connectivity index (χ2v) is 5.16. The summed E-state index contributed by atoms with van der Waals surface area (Å²) in [6.07, 6.45) is 4.01. The van der Waals surface area contributed by atoms with Crippen molar-refractivity contribution in [3.05, 3.63) is 29.8 Å². The third kappa shape index (κ3) is 4.91. The van der Waals surface area contributed by atoms with Crippen LogP contribution in [-0.2, 0) is 0 Å². The van der Waals surface area contributed by atoms with E-state index in [9.17, 15) is 0 Å². The van der Waals surface area contributed by atoms with Crippen LogP contribution in [0.5, 0.6) is 0 Å². The number of aryl methyl sites for hydroxylation is 1. The molecule has 0 atom stereocenters. The zero-order valence-corrected chi connectivity index (χ0v) is 11.7. The van der Waals surface area contributed by atoms with Crippen molar-refractivity contribution >= 4 is 11.6 Å². The number of piperidine rings is 1. The lowest BCUT2D eigenvalue weighted by atomic mass is 10.1. The van der Waals surface area contributed by atoms with Gasteiger partial charge in [0.2, 0.25) is 0 Å². The predicted molar refractivity (Wildman–Crippen MR) is 81.6 cm³/mol. The maximum atomic E-state index is 5.89. The number of nitrogens with two attached hydrogens (primary N) is 1. The number of anilines is 1. The highest BCUT2D eigenvalue weighted by atomic mass is 15.2. The number of aliphatic imine (C=N–C) groups is 1. The molecule has 0 radical (unpaired) electrons. The fourth-order valence-corrected chi connectivity index (χ4v) is 2.41. The first-order valence-electron chi connectivity index (χ1n) is 7.10. The van der Waals surface area contributed by atoms with E-state index in [1.165, 1.54) is 37.9 Å². The summed E-state index contributed by atoms with van der Waals surface area (Å²) in [5, 5.41) is 3.13. The van der Waals surface area contributed by atoms with Crippen LogP contribution in [0.15, 0.2) is 29.3 Å². The van der Waals surface area contributed by atoms with E-state index in [2.05, 4.69) is 34.3 Å². The normalized spacial score (nSPS) is 17.4. The van der Waals surface area contributed by atoms with Crippen LogP contribution in [0.3, 0.4) is 0 Å². The van der Waals surface area contributed by atoms with Gasteiger partial charge in [-0.3, -0.25) is 4.99 Å². The topological polar surface area (TPSA) is 53.6 Å². The van der Waals surface area contributed by atoms with Crippen molar-refractivity contribution in [3.63, 3.8) is 0 Å². The quantitative estimate of drug-likeness (QED) is 0.644. The van der Waals surface area contributed by atoms with Crippen LogP contribution >= 0.6 is 0 Å². The Labute approximate surface area is 115 Å². The summed E-state index contributed by atoms with van der Waals surface area (Å²) in [4.78, 5) is 6.85. The Morgan fingerprint density at radius 1 is 1.32 bits per heavy atom. The number of likely N-dealkylation sites (tertiary alicyclic amines) is 1. The van der Waals surface area contributed by atoms with E-state index >= 15 is 0 Å². The molecule has 0 amide bonds. The first-order valence-corrected chi connectivity index (χ1v) is 7.10. The number of nitrogens with zero attached hydrogens (tertiary/aromatic N) is 2. The maximum absolute atomic E-state index is 5.89. The Balaban J connectivity index is 1.75. The molecule has 104 valence electrons. The zero-order valence-electron chi connectivity index (χ0n) is 11.7. The standard InChI is InChI=1S/C15H24N4/c1-13-6-5-7-14(12-13)18-15(16)17-8-11-19-9-3-2-4-10-19/h5-7,12H,2-4,8-11H2,1H3,(H3,16,17,18). The van der Waals surface area contributed by atoms with Crippen LogP contribution < -0.4 is 11.1 Å². The van der Waals surface area contributed by atoms with E-state index in [-0.39, 0.29) is 0 Å². The van der Waals surface area contributed by atoms with Gasteiger partial charge in [0.05, 0.1) is 6.54 Å². The molecule has 19 heavy (non-hydrogen) atoms. The van der Waals surface area contributed by atoms with Gasteiger partial charge in [0.25, 0.3) is 0 Å². The van der Waals surface area contributed by atoms with Crippen LogP contribution in [-0.4, -0.2) is 37.0 Å². The van der Waals surface area contributed by atoms with Gasteiger partial charge < -0.3 is 16.0 Å². The highest BCUT2D eigenvalue weighted by Crippen LogP contribution is 2.09. The number of hydrogen-bond donors (Lipinski definition) is 2. The molecule has 1 fully saturated rings. The van der Waals surface area contributed by atoms with E-state index in [0.717, 1.165) is 18.8 Å². The molecule has 2 rings (SSSR count). The summed E-state index contributed by atoms with van der Waals surface area (Å²) in [5.41, 5.74) is 8.11. The van der Waals surface area contributed by atoms with Gasteiger partial charge in [0.1, 0.15) is 0 Å². The second-order valence-electron chi connectivity index (χ2n) is 5.16. The van der Waals surface area contributed by atoms with Crippen molar-refractivity contribution in [1.82, 2.24) is 4.90 Å². The molecular weight excluding hydrogens is 236 g/mol. The number of guanidine groups is 1. The van der Waals surface area contributed by atoms with Gasteiger partial charge in [-0.25, -0.2) is 0 Å². The molecule has 1 heterocycles. The molecule has 0 spiro atoms. The SMILES string of the molecule is Cc1cccc(NC(N)=NCCN2CCCCC2)c1. The minimum atomic E-state index is 0.502. The molecule has 4 nitrogen and oxygen atoms in total. The van der Waals surface area contributed by atoms with Gasteiger partial charge in [-0.15, -0.1) is 0 Å². The predicted octanol–water partition coefficient (Wildman–Crippen LogP) is 2.21. The van der Waals surface area contributed by atoms with E-state index in [0.29, 0.717) is 5.96 Å². The van der Waals surface area contributed by atoms with Crippen molar-refractivity contribution in [2.45, 2.75) is 26.2 Å². The van der Waals surface area contributed by atoms with Crippen LogP contribution in [0.2, 0.25) is 0 Å². The molecule has 1 aliphatic heterocycles. The Morgan fingerprint density at radius 2 is 2.11 bits per heavy atom. The molecule has 1 saturated heterocycles. The average Bonchev–Trinajstić information content (AvgIpc) is 2.40. The van der Waals surface area contributed by atoms with Crippen molar-refractivity contribution in [3.8, 4) is 0 Å². The fraction of sp³-hybridized carbons (Fsp3) is 0.533. The van der Waals surface area contributed by atoms with Gasteiger partial charge in [0, 0.05) is 12.2 Å². The molecule has 1 aromatic rings. The Kier molecular flexibility index (Phi) is 5.21. The largest absolute Gasteiger partial charge is 0.370 e. The molecule has 0 aliphatic carbocycles. The first kappa shape index (κ1) is 13.9. The smallest absolute Gasteiger partial charge is 0.193 e. The zero-order chi connectivity index (χ0) is 13.5. The summed E-state index contributed by atoms with van der Waals surface area (Å²) in [5.74, 6) is 0.502. The highest BCUT2D eigenvalue weighted by Gasteiger charge is 2.08. The average molecular weight is 260 g/mol. The minimum absolute atomic E-state index is 0.502. The Bertz CT molecular complexity index is 422. The van der Waals surface area contributed by atoms with Crippen molar-refractivity contribution in [1.29, 1.82) is 0 Å². The molecular formula is C15H24N4. The summed E-state index contributed by atoms with van der Waals surface area (Å²) < 4.78 is 0. The third-order valence-electron chi connectivity index (χ3n) is 3.44. The molecule has 0 saturated carbocycles. The van der Waals surface area contributed by atoms with Crippen molar-refractivity contribution in [2.75, 3.05) is 31.5 Å². The van der Waals surface area contributed by atoms with E-state index in [1.54, 1.807) is 0 Å². The lowest BCUT2D eigenvalue weighted by molar-refractivity contribution is 0.235. The van der Waals surface area contributed by atoms with Crippen LogP contribution in [0.4, 0.5) is 5.69 Å². The first-order chi connectivity index (χ1) is 9.24. The van der Waals surface area contributed by atoms with Gasteiger partial charge >= 0.3 is 0 Å². The molecule has 4 heteroatoms. The number of rotatable bonds is 4. The lowest BCUT2D eigenvalue weighted by Gasteiger charge is -2.25. The number of benzene rings is 1. The van der Waals surface area contributed by atoms with Crippen molar-refractivity contribution < 1.29 is 0 Å². The monoisotopic (exact) mass is 260 g/mol.